The number of hydrogen-bond donors (Lipinski definition) is 1. The number of carboxylic acid groups (broad SMARTS) is 1. The van der Waals surface area contributed by atoms with Crippen molar-refractivity contribution in [1.82, 2.24) is 4.90 Å². The first-order valence-corrected chi connectivity index (χ1v) is 6.73. The van der Waals surface area contributed by atoms with Crippen LogP contribution in [-0.4, -0.2) is 60.8 Å². The Hall–Kier alpha value is -1.63. The number of nitrogens with zero attached hydrogens (tertiary/aromatic N) is 1. The molecule has 3 unspecified atom stereocenters. The highest BCUT2D eigenvalue weighted by molar-refractivity contribution is 5.87. The van der Waals surface area contributed by atoms with Gasteiger partial charge < -0.3 is 19.5 Å². The van der Waals surface area contributed by atoms with Crippen LogP contribution >= 0.6 is 0 Å². The maximum absolute atomic E-state index is 12.5. The molecular formula is C13H19NO6. The molecule has 1 heterocycles. The van der Waals surface area contributed by atoms with Crippen LogP contribution in [0.3, 0.4) is 0 Å². The molecule has 1 saturated carbocycles. The number of amides is 1. The van der Waals surface area contributed by atoms with Crippen molar-refractivity contribution in [3.63, 3.8) is 0 Å². The van der Waals surface area contributed by atoms with E-state index in [0.29, 0.717) is 32.4 Å². The quantitative estimate of drug-likeness (QED) is 0.727. The van der Waals surface area contributed by atoms with Gasteiger partial charge in [-0.2, -0.15) is 0 Å². The Morgan fingerprint density at radius 3 is 2.55 bits per heavy atom. The molecule has 1 amide bonds. The lowest BCUT2D eigenvalue weighted by Crippen LogP contribution is -2.54. The SMILES string of the molecule is COC(=O)C1COCCN1C(=O)C1CCC(C(=O)O)C1. The lowest BCUT2D eigenvalue weighted by Gasteiger charge is -2.35. The summed E-state index contributed by atoms with van der Waals surface area (Å²) in [4.78, 5) is 36.6. The van der Waals surface area contributed by atoms with Gasteiger partial charge in [-0.1, -0.05) is 0 Å². The molecule has 2 rings (SSSR count). The zero-order valence-electron chi connectivity index (χ0n) is 11.4. The highest BCUT2D eigenvalue weighted by Gasteiger charge is 2.40. The van der Waals surface area contributed by atoms with Crippen LogP contribution in [0.2, 0.25) is 0 Å². The Bertz CT molecular complexity index is 410. The van der Waals surface area contributed by atoms with Gasteiger partial charge in [-0.15, -0.1) is 0 Å². The summed E-state index contributed by atoms with van der Waals surface area (Å²) in [6.45, 7) is 0.856. The molecule has 2 fully saturated rings. The third kappa shape index (κ3) is 2.92. The van der Waals surface area contributed by atoms with Crippen LogP contribution in [0, 0.1) is 11.8 Å². The standard InChI is InChI=1S/C13H19NO6/c1-19-13(18)10-7-20-5-4-14(10)11(15)8-2-3-9(6-8)12(16)17/h8-10H,2-7H2,1H3,(H,16,17). The first kappa shape index (κ1) is 14.8. The molecule has 7 nitrogen and oxygen atoms in total. The fourth-order valence-electron chi connectivity index (χ4n) is 2.86. The minimum Gasteiger partial charge on any atom is -0.481 e. The van der Waals surface area contributed by atoms with Gasteiger partial charge in [-0.25, -0.2) is 4.79 Å². The molecule has 2 aliphatic rings. The molecule has 1 saturated heterocycles. The van der Waals surface area contributed by atoms with E-state index in [9.17, 15) is 14.4 Å². The highest BCUT2D eigenvalue weighted by atomic mass is 16.5. The second-order valence-corrected chi connectivity index (χ2v) is 5.19. The lowest BCUT2D eigenvalue weighted by molar-refractivity contribution is -0.162. The highest BCUT2D eigenvalue weighted by Crippen LogP contribution is 2.33. The summed E-state index contributed by atoms with van der Waals surface area (Å²) in [5.74, 6) is -2.28. The predicted molar refractivity (Wildman–Crippen MR) is 66.8 cm³/mol. The van der Waals surface area contributed by atoms with Crippen LogP contribution in [0.15, 0.2) is 0 Å². The maximum Gasteiger partial charge on any atom is 0.331 e. The van der Waals surface area contributed by atoms with E-state index in [4.69, 9.17) is 9.84 Å². The number of hydrogen-bond acceptors (Lipinski definition) is 5. The van der Waals surface area contributed by atoms with Gasteiger partial charge in [-0.3, -0.25) is 9.59 Å². The fraction of sp³-hybridized carbons (Fsp3) is 0.769. The predicted octanol–water partition coefficient (Wildman–Crippen LogP) is -0.112. The van der Waals surface area contributed by atoms with Gasteiger partial charge in [0.1, 0.15) is 0 Å². The molecule has 7 heteroatoms. The minimum atomic E-state index is -0.855. The average Bonchev–Trinajstić information content (AvgIpc) is 2.95. The Morgan fingerprint density at radius 2 is 1.95 bits per heavy atom. The molecule has 0 aromatic rings. The van der Waals surface area contributed by atoms with Crippen molar-refractivity contribution in [2.75, 3.05) is 26.9 Å². The van der Waals surface area contributed by atoms with Gasteiger partial charge in [0.2, 0.25) is 5.91 Å². The van der Waals surface area contributed by atoms with E-state index in [0.717, 1.165) is 0 Å². The maximum atomic E-state index is 12.5. The fourth-order valence-corrected chi connectivity index (χ4v) is 2.86. The summed E-state index contributed by atoms with van der Waals surface area (Å²) in [7, 11) is 1.27. The number of esters is 1. The second kappa shape index (κ2) is 6.21. The van der Waals surface area contributed by atoms with E-state index in [1.807, 2.05) is 0 Å². The monoisotopic (exact) mass is 285 g/mol. The minimum absolute atomic E-state index is 0.132. The summed E-state index contributed by atoms with van der Waals surface area (Å²) in [5.41, 5.74) is 0. The average molecular weight is 285 g/mol. The van der Waals surface area contributed by atoms with E-state index in [1.54, 1.807) is 0 Å². The number of carboxylic acids is 1. The molecule has 1 N–H and O–H groups in total. The number of rotatable bonds is 3. The summed E-state index contributed by atoms with van der Waals surface area (Å²) < 4.78 is 9.90. The summed E-state index contributed by atoms with van der Waals surface area (Å²) in [6, 6.07) is -0.717. The topological polar surface area (TPSA) is 93.1 Å². The number of carbonyl (C=O) groups excluding carboxylic acids is 2. The van der Waals surface area contributed by atoms with Crippen molar-refractivity contribution in [2.24, 2.45) is 11.8 Å². The van der Waals surface area contributed by atoms with Crippen molar-refractivity contribution >= 4 is 17.8 Å². The van der Waals surface area contributed by atoms with E-state index in [1.165, 1.54) is 12.0 Å². The first-order chi connectivity index (χ1) is 9.54. The molecule has 0 radical (unpaired) electrons. The number of methoxy groups -OCH3 is 1. The third-order valence-corrected chi connectivity index (χ3v) is 4.02. The van der Waals surface area contributed by atoms with Crippen LogP contribution < -0.4 is 0 Å². The van der Waals surface area contributed by atoms with Crippen molar-refractivity contribution < 1.29 is 29.0 Å². The van der Waals surface area contributed by atoms with Gasteiger partial charge >= 0.3 is 11.9 Å². The van der Waals surface area contributed by atoms with Crippen molar-refractivity contribution in [2.45, 2.75) is 25.3 Å². The smallest absolute Gasteiger partial charge is 0.331 e. The van der Waals surface area contributed by atoms with Crippen LogP contribution in [0.1, 0.15) is 19.3 Å². The summed E-state index contributed by atoms with van der Waals surface area (Å²) >= 11 is 0. The van der Waals surface area contributed by atoms with Crippen molar-refractivity contribution in [3.8, 4) is 0 Å². The Morgan fingerprint density at radius 1 is 1.25 bits per heavy atom. The summed E-state index contributed by atoms with van der Waals surface area (Å²) in [5, 5.41) is 8.98. The zero-order chi connectivity index (χ0) is 14.7. The van der Waals surface area contributed by atoms with Crippen molar-refractivity contribution in [3.05, 3.63) is 0 Å². The molecular weight excluding hydrogens is 266 g/mol. The Labute approximate surface area is 116 Å². The molecule has 1 aliphatic carbocycles. The molecule has 3 atom stereocenters. The summed E-state index contributed by atoms with van der Waals surface area (Å²) in [6.07, 6.45) is 1.42. The van der Waals surface area contributed by atoms with Gasteiger partial charge in [0, 0.05) is 12.5 Å². The Kier molecular flexibility index (Phi) is 4.59. The van der Waals surface area contributed by atoms with Gasteiger partial charge in [0.15, 0.2) is 6.04 Å². The molecule has 1 aliphatic heterocycles. The largest absolute Gasteiger partial charge is 0.481 e. The molecule has 0 spiro atoms. The van der Waals surface area contributed by atoms with E-state index in [2.05, 4.69) is 4.74 Å². The lowest BCUT2D eigenvalue weighted by atomic mass is 10.0. The second-order valence-electron chi connectivity index (χ2n) is 5.19. The molecule has 0 bridgehead atoms. The number of aliphatic carboxylic acids is 1. The van der Waals surface area contributed by atoms with Crippen LogP contribution in [0.25, 0.3) is 0 Å². The van der Waals surface area contributed by atoms with Gasteiger partial charge in [0.25, 0.3) is 0 Å². The number of ether oxygens (including phenoxy) is 2. The molecule has 112 valence electrons. The number of carbonyl (C=O) groups is 3. The van der Waals surface area contributed by atoms with Gasteiger partial charge in [0.05, 0.1) is 26.2 Å². The third-order valence-electron chi connectivity index (χ3n) is 4.02. The van der Waals surface area contributed by atoms with Crippen LogP contribution in [0.4, 0.5) is 0 Å². The van der Waals surface area contributed by atoms with Gasteiger partial charge in [-0.05, 0) is 19.3 Å². The van der Waals surface area contributed by atoms with Crippen LogP contribution in [0.5, 0.6) is 0 Å². The van der Waals surface area contributed by atoms with Crippen molar-refractivity contribution in [1.29, 1.82) is 0 Å². The molecule has 0 aromatic carbocycles. The molecule has 20 heavy (non-hydrogen) atoms. The van der Waals surface area contributed by atoms with E-state index < -0.39 is 23.9 Å². The molecule has 0 aromatic heterocycles. The normalized spacial score (nSPS) is 30.1. The number of morpholine rings is 1. The Balaban J connectivity index is 2.03. The van der Waals surface area contributed by atoms with Crippen LogP contribution in [-0.2, 0) is 23.9 Å². The van der Waals surface area contributed by atoms with E-state index >= 15 is 0 Å². The first-order valence-electron chi connectivity index (χ1n) is 6.73. The zero-order valence-corrected chi connectivity index (χ0v) is 11.4. The van der Waals surface area contributed by atoms with E-state index in [-0.39, 0.29) is 18.4 Å².